The van der Waals surface area contributed by atoms with E-state index in [0.29, 0.717) is 12.1 Å². The first-order valence-electron chi connectivity index (χ1n) is 10.2. The number of hydrogen-bond donors (Lipinski definition) is 0. The van der Waals surface area contributed by atoms with E-state index in [1.807, 2.05) is 35.2 Å². The molecule has 6 nitrogen and oxygen atoms in total. The van der Waals surface area contributed by atoms with E-state index in [9.17, 15) is 14.4 Å². The van der Waals surface area contributed by atoms with Crippen molar-refractivity contribution in [3.8, 4) is 0 Å². The predicted octanol–water partition coefficient (Wildman–Crippen LogP) is 2.85. The molecule has 0 aromatic heterocycles. The highest BCUT2D eigenvalue weighted by molar-refractivity contribution is 6.23. The van der Waals surface area contributed by atoms with Crippen LogP contribution in [0.1, 0.15) is 24.1 Å². The second-order valence-corrected chi connectivity index (χ2v) is 7.89. The molecule has 0 radical (unpaired) electrons. The number of amides is 2. The van der Waals surface area contributed by atoms with Gasteiger partial charge in [0.05, 0.1) is 30.2 Å². The standard InChI is InChI=1S/C24H22N2O4/c1-3-30-24(29)21-19-18(22(27)26(23(19)28)16-10-5-4-6-11-16)20-17-12-8-7-9-15(17)13-14(2)25(20)21/h4-12,18-21H,2-3,13H2,1H3/t18-,19+,20-,21+/m1/s1. The number of nitrogens with zero attached hydrogens (tertiary/aromatic N) is 2. The molecule has 2 aromatic rings. The minimum Gasteiger partial charge on any atom is -0.464 e. The van der Waals surface area contributed by atoms with Crippen LogP contribution in [-0.2, 0) is 25.5 Å². The van der Waals surface area contributed by atoms with Gasteiger partial charge in [-0.2, -0.15) is 0 Å². The van der Waals surface area contributed by atoms with Crippen LogP contribution in [0.2, 0.25) is 0 Å². The van der Waals surface area contributed by atoms with Gasteiger partial charge in [-0.25, -0.2) is 9.69 Å². The van der Waals surface area contributed by atoms with Gasteiger partial charge in [0, 0.05) is 12.1 Å². The van der Waals surface area contributed by atoms with Gasteiger partial charge >= 0.3 is 5.97 Å². The molecule has 5 rings (SSSR count). The Bertz CT molecular complexity index is 1060. The van der Waals surface area contributed by atoms with Crippen LogP contribution in [-0.4, -0.2) is 35.3 Å². The van der Waals surface area contributed by atoms with E-state index in [-0.39, 0.29) is 18.4 Å². The number of benzene rings is 2. The minimum atomic E-state index is -0.856. The summed E-state index contributed by atoms with van der Waals surface area (Å²) >= 11 is 0. The molecule has 0 aliphatic carbocycles. The molecule has 6 heteroatoms. The van der Waals surface area contributed by atoms with E-state index in [0.717, 1.165) is 16.8 Å². The summed E-state index contributed by atoms with van der Waals surface area (Å²) in [6, 6.07) is 15.5. The SMILES string of the molecule is C=C1Cc2ccccc2[C@@H]2[C@@H]3C(=O)N(c4ccccc4)C(=O)[C@@H]3[C@@H](C(=O)OCC)N12. The fraction of sp³-hybridized carbons (Fsp3) is 0.292. The summed E-state index contributed by atoms with van der Waals surface area (Å²) in [5.74, 6) is -2.57. The summed E-state index contributed by atoms with van der Waals surface area (Å²) in [5.41, 5.74) is 3.31. The fourth-order valence-electron chi connectivity index (χ4n) is 5.25. The van der Waals surface area contributed by atoms with Gasteiger partial charge in [-0.3, -0.25) is 9.59 Å². The highest BCUT2D eigenvalue weighted by Gasteiger charge is 2.66. The lowest BCUT2D eigenvalue weighted by molar-refractivity contribution is -0.151. The first-order valence-corrected chi connectivity index (χ1v) is 10.2. The largest absolute Gasteiger partial charge is 0.464 e. The van der Waals surface area contributed by atoms with Crippen LogP contribution in [0.15, 0.2) is 66.9 Å². The van der Waals surface area contributed by atoms with Crippen molar-refractivity contribution < 1.29 is 19.1 Å². The molecule has 152 valence electrons. The number of carbonyl (C=O) groups is 3. The lowest BCUT2D eigenvalue weighted by Crippen LogP contribution is -2.47. The molecular weight excluding hydrogens is 380 g/mol. The van der Waals surface area contributed by atoms with Crippen LogP contribution in [0.25, 0.3) is 0 Å². The molecule has 2 aromatic carbocycles. The average molecular weight is 402 g/mol. The van der Waals surface area contributed by atoms with Crippen LogP contribution in [0.5, 0.6) is 0 Å². The quantitative estimate of drug-likeness (QED) is 0.583. The van der Waals surface area contributed by atoms with E-state index in [1.54, 1.807) is 31.2 Å². The molecule has 0 saturated carbocycles. The zero-order valence-corrected chi connectivity index (χ0v) is 16.7. The molecule has 0 bridgehead atoms. The third-order valence-electron chi connectivity index (χ3n) is 6.35. The number of allylic oxidation sites excluding steroid dienone is 1. The van der Waals surface area contributed by atoms with Crippen molar-refractivity contribution >= 4 is 23.5 Å². The first kappa shape index (κ1) is 18.6. The highest BCUT2D eigenvalue weighted by atomic mass is 16.5. The van der Waals surface area contributed by atoms with Crippen LogP contribution in [0.4, 0.5) is 5.69 Å². The predicted molar refractivity (Wildman–Crippen MR) is 110 cm³/mol. The summed E-state index contributed by atoms with van der Waals surface area (Å²) < 4.78 is 5.34. The zero-order valence-electron chi connectivity index (χ0n) is 16.7. The molecule has 3 heterocycles. The van der Waals surface area contributed by atoms with E-state index in [1.165, 1.54) is 4.90 Å². The fourth-order valence-corrected chi connectivity index (χ4v) is 5.25. The van der Waals surface area contributed by atoms with Gasteiger partial charge in [0.25, 0.3) is 0 Å². The van der Waals surface area contributed by atoms with Crippen molar-refractivity contribution in [2.24, 2.45) is 11.8 Å². The Balaban J connectivity index is 1.67. The molecular formula is C24H22N2O4. The molecule has 3 aliphatic rings. The Kier molecular flexibility index (Phi) is 4.24. The maximum atomic E-state index is 13.6. The van der Waals surface area contributed by atoms with E-state index in [4.69, 9.17) is 4.74 Å². The summed E-state index contributed by atoms with van der Waals surface area (Å²) in [7, 11) is 0. The van der Waals surface area contributed by atoms with Gasteiger partial charge in [-0.15, -0.1) is 0 Å². The number of anilines is 1. The Morgan fingerprint density at radius 1 is 1.03 bits per heavy atom. The summed E-state index contributed by atoms with van der Waals surface area (Å²) in [6.45, 7) is 6.13. The second-order valence-electron chi connectivity index (χ2n) is 7.89. The number of hydrogen-bond acceptors (Lipinski definition) is 5. The smallest absolute Gasteiger partial charge is 0.329 e. The van der Waals surface area contributed by atoms with Crippen LogP contribution >= 0.6 is 0 Å². The third-order valence-corrected chi connectivity index (χ3v) is 6.35. The highest BCUT2D eigenvalue weighted by Crippen LogP contribution is 2.55. The normalized spacial score (nSPS) is 27.0. The second kappa shape index (κ2) is 6.83. The van der Waals surface area contributed by atoms with Crippen LogP contribution in [0, 0.1) is 11.8 Å². The van der Waals surface area contributed by atoms with Crippen LogP contribution < -0.4 is 4.90 Å². The van der Waals surface area contributed by atoms with Crippen molar-refractivity contribution in [3.63, 3.8) is 0 Å². The van der Waals surface area contributed by atoms with Crippen molar-refractivity contribution in [2.75, 3.05) is 11.5 Å². The Labute approximate surface area is 174 Å². The minimum absolute atomic E-state index is 0.207. The lowest BCUT2D eigenvalue weighted by atomic mass is 9.83. The molecule has 2 amide bonds. The molecule has 2 saturated heterocycles. The number of para-hydroxylation sites is 1. The third kappa shape index (κ3) is 2.46. The number of fused-ring (bicyclic) bond motifs is 5. The maximum Gasteiger partial charge on any atom is 0.329 e. The number of imide groups is 1. The number of carbonyl (C=O) groups excluding carboxylic acids is 3. The van der Waals surface area contributed by atoms with Crippen molar-refractivity contribution in [3.05, 3.63) is 78.0 Å². The molecule has 0 N–H and O–H groups in total. The Morgan fingerprint density at radius 2 is 1.70 bits per heavy atom. The Hall–Kier alpha value is -3.41. The monoisotopic (exact) mass is 402 g/mol. The molecule has 3 aliphatic heterocycles. The topological polar surface area (TPSA) is 66.9 Å². The van der Waals surface area contributed by atoms with Gasteiger partial charge < -0.3 is 9.64 Å². The number of rotatable bonds is 3. The van der Waals surface area contributed by atoms with Crippen molar-refractivity contribution in [1.29, 1.82) is 0 Å². The zero-order chi connectivity index (χ0) is 21.0. The molecule has 4 atom stereocenters. The van der Waals surface area contributed by atoms with Crippen LogP contribution in [0.3, 0.4) is 0 Å². The van der Waals surface area contributed by atoms with Gasteiger partial charge in [-0.05, 0) is 30.2 Å². The van der Waals surface area contributed by atoms with Crippen molar-refractivity contribution in [2.45, 2.75) is 25.4 Å². The number of esters is 1. The maximum absolute atomic E-state index is 13.6. The van der Waals surface area contributed by atoms with E-state index < -0.39 is 29.9 Å². The average Bonchev–Trinajstić information content (AvgIpc) is 3.23. The summed E-state index contributed by atoms with van der Waals surface area (Å²) in [6.07, 6.45) is 0.576. The summed E-state index contributed by atoms with van der Waals surface area (Å²) in [4.78, 5) is 43.2. The summed E-state index contributed by atoms with van der Waals surface area (Å²) in [5, 5.41) is 0. The van der Waals surface area contributed by atoms with E-state index in [2.05, 4.69) is 6.58 Å². The van der Waals surface area contributed by atoms with Crippen molar-refractivity contribution in [1.82, 2.24) is 4.90 Å². The van der Waals surface area contributed by atoms with Gasteiger partial charge in [0.1, 0.15) is 6.04 Å². The molecule has 0 unspecified atom stereocenters. The van der Waals surface area contributed by atoms with Gasteiger partial charge in [0.2, 0.25) is 11.8 Å². The first-order chi connectivity index (χ1) is 14.5. The molecule has 0 spiro atoms. The number of ether oxygens (including phenoxy) is 1. The molecule has 30 heavy (non-hydrogen) atoms. The Morgan fingerprint density at radius 3 is 2.43 bits per heavy atom. The van der Waals surface area contributed by atoms with E-state index >= 15 is 0 Å². The van der Waals surface area contributed by atoms with Gasteiger partial charge in [-0.1, -0.05) is 49.0 Å². The lowest BCUT2D eigenvalue weighted by Gasteiger charge is -2.40. The molecule has 2 fully saturated rings. The van der Waals surface area contributed by atoms with Gasteiger partial charge in [0.15, 0.2) is 0 Å².